The maximum absolute atomic E-state index is 10.8. The number of para-hydroxylation sites is 3. The lowest BCUT2D eigenvalue weighted by Gasteiger charge is -2.34. The fourth-order valence-corrected chi connectivity index (χ4v) is 15.8. The molecule has 0 bridgehead atoms. The van der Waals surface area contributed by atoms with E-state index < -0.39 is 179 Å². The van der Waals surface area contributed by atoms with Crippen LogP contribution in [0.15, 0.2) is 309 Å². The fourth-order valence-electron chi connectivity index (χ4n) is 12.3. The lowest BCUT2D eigenvalue weighted by Crippen LogP contribution is -2.74. The number of nitrogens with zero attached hydrogens (tertiary/aromatic N) is 4. The highest BCUT2D eigenvalue weighted by molar-refractivity contribution is 7.19. The molecule has 0 atom stereocenters. The van der Waals surface area contributed by atoms with Crippen molar-refractivity contribution in [3.63, 3.8) is 0 Å². The largest absolute Gasteiger partial charge is 0.458 e. The lowest BCUT2D eigenvalue weighted by molar-refractivity contribution is -0.570. The van der Waals surface area contributed by atoms with Crippen molar-refractivity contribution in [2.45, 2.75) is 26.2 Å². The highest BCUT2D eigenvalue weighted by Crippen LogP contribution is 2.47. The first-order chi connectivity index (χ1) is 53.2. The van der Waals surface area contributed by atoms with Crippen molar-refractivity contribution in [3.8, 4) is 84.3 Å². The second-order valence-corrected chi connectivity index (χ2v) is 25.7. The van der Waals surface area contributed by atoms with E-state index in [1.165, 1.54) is 6.07 Å². The van der Waals surface area contributed by atoms with Gasteiger partial charge in [-0.05, 0) is 142 Å². The highest BCUT2D eigenvalue weighted by atomic mass is 28.3. The number of ether oxygens (including phenoxy) is 1. The molecule has 1 aliphatic rings. The molecule has 5 nitrogen and oxygen atoms in total. The third-order valence-electron chi connectivity index (χ3n) is 16.2. The van der Waals surface area contributed by atoms with Crippen molar-refractivity contribution in [3.05, 3.63) is 321 Å². The van der Waals surface area contributed by atoms with Gasteiger partial charge in [-0.1, -0.05) is 263 Å². The van der Waals surface area contributed by atoms with Gasteiger partial charge < -0.3 is 4.74 Å². The van der Waals surface area contributed by atoms with Crippen LogP contribution in [0.2, 0.25) is 0 Å². The number of fused-ring (bicyclic) bond motifs is 10. The van der Waals surface area contributed by atoms with Gasteiger partial charge in [0, 0.05) is 23.0 Å². The van der Waals surface area contributed by atoms with E-state index in [4.69, 9.17) is 26.2 Å². The molecule has 6 heteroatoms. The first-order valence-electron chi connectivity index (χ1n) is 40.3. The Kier molecular flexibility index (Phi) is 7.99. The normalized spacial score (nSPS) is 15.9. The Morgan fingerprint density at radius 3 is 1.76 bits per heavy atom. The van der Waals surface area contributed by atoms with E-state index in [0.29, 0.717) is 50.5 Å². The predicted molar refractivity (Wildman–Crippen MR) is 365 cm³/mol. The van der Waals surface area contributed by atoms with Crippen molar-refractivity contribution in [2.75, 3.05) is 0 Å². The van der Waals surface area contributed by atoms with Crippen LogP contribution in [-0.2, 0) is 5.41 Å². The predicted octanol–water partition coefficient (Wildman–Crippen LogP) is 17.3. The molecule has 12 aromatic carbocycles. The zero-order chi connectivity index (χ0) is 79.8. The molecule has 88 heavy (non-hydrogen) atoms. The quantitative estimate of drug-likeness (QED) is 0.0592. The Labute approximate surface area is 547 Å². The Hall–Kier alpha value is -10.9. The molecule has 0 saturated heterocycles. The Morgan fingerprint density at radius 2 is 1.02 bits per heavy atom. The second-order valence-electron chi connectivity index (χ2n) is 22.2. The van der Waals surface area contributed by atoms with E-state index in [2.05, 4.69) is 49.9 Å². The van der Waals surface area contributed by atoms with Crippen molar-refractivity contribution < 1.29 is 42.2 Å². The lowest BCUT2D eigenvalue weighted by atomic mass is 9.86. The summed E-state index contributed by atoms with van der Waals surface area (Å²) in [5.74, 6) is 1.66. The minimum Gasteiger partial charge on any atom is -0.458 e. The van der Waals surface area contributed by atoms with E-state index in [0.717, 1.165) is 33.2 Å². The molecule has 4 heterocycles. The minimum atomic E-state index is -6.28. The summed E-state index contributed by atoms with van der Waals surface area (Å²) in [6.07, 6.45) is 5.45. The second kappa shape index (κ2) is 21.2. The summed E-state index contributed by atoms with van der Waals surface area (Å²) >= 11 is 0. The van der Waals surface area contributed by atoms with E-state index in [9.17, 15) is 16.4 Å². The molecule has 0 saturated carbocycles. The summed E-state index contributed by atoms with van der Waals surface area (Å²) in [6.45, 7) is 6.45. The Balaban J connectivity index is 0.977. The van der Waals surface area contributed by atoms with Crippen LogP contribution in [0.1, 0.15) is 59.2 Å². The standard InChI is InChI=1S/C82H60N4OSi/c1-82(2,3)59-48-49-83-79(52-59)86-76-42-19-18-38-71(76)72-47-45-62(54-78(72)86)87-61-28-21-27-60(53-61)84-55-85-80-67(56-24-8-4-9-25-56)39-22-40-74(80)75-51-58(44-46-70(75)68-36-16-17-37-69(68)73-41-23-43-77(84)81(73)85)57-26-20-35-66(50-57)88(63-29-10-5-11-30-63,64-31-12-6-13-32-64)65-33-14-7-15-34-65/h4-54H,1-3H3/i4D,5D,6D,7D,8D,9D,10D,11D,12D,13D,14D,15D,20D,24D,25D,26D,29D,30D,31D,32D,33D,34D,35D,50D. The SMILES string of the molecule is [2H]c1c([2H])c([2H])c(-c2cccc3c2-[n+]2[c-]n(-c4cccc(Oc5ccc6c7ccccc7n(-c7cc(C(C)(C)C)ccn7)c6c5)c4)c4cccc(c42)-c2ccccc2-c2ccc(-c4c([2H])c([2H])c([2H])c([Si](c5c([2H])c([2H])c([2H])c([2H])c5[2H])(c5c([2H])c([2H])c([2H])c([2H])c5[2H])c5c([2H])c([2H])c([2H])c([2H])c5[2H])c4[2H])cc2-3)c([2H])c1[2H]. The van der Waals surface area contributed by atoms with Gasteiger partial charge >= 0.3 is 0 Å². The molecule has 0 unspecified atom stereocenters. The molecule has 0 aliphatic carbocycles. The fraction of sp³-hybridized carbons (Fsp3) is 0.0488. The Bertz CT molecular complexity index is 6400. The summed E-state index contributed by atoms with van der Waals surface area (Å²) in [5.41, 5.74) is 6.51. The van der Waals surface area contributed by atoms with Crippen LogP contribution in [0.25, 0.3) is 106 Å². The third kappa shape index (κ3) is 8.74. The van der Waals surface area contributed by atoms with Crippen molar-refractivity contribution in [1.82, 2.24) is 14.1 Å². The van der Waals surface area contributed by atoms with Gasteiger partial charge in [-0.2, -0.15) is 0 Å². The maximum atomic E-state index is 10.8. The molecule has 16 rings (SSSR count). The van der Waals surface area contributed by atoms with Crippen molar-refractivity contribution in [1.29, 1.82) is 0 Å². The third-order valence-corrected chi connectivity index (χ3v) is 20.2. The average molecular weight is 1170 g/mol. The van der Waals surface area contributed by atoms with Gasteiger partial charge in [-0.3, -0.25) is 13.7 Å². The summed E-state index contributed by atoms with van der Waals surface area (Å²) in [4.78, 5) is 4.87. The van der Waals surface area contributed by atoms with Gasteiger partial charge in [0.05, 0.1) is 66.3 Å². The van der Waals surface area contributed by atoms with Crippen LogP contribution in [0, 0.1) is 6.33 Å². The molecule has 0 spiro atoms. The number of hydrogen-bond donors (Lipinski definition) is 0. The molecule has 418 valence electrons. The zero-order valence-electron chi connectivity index (χ0n) is 71.3. The number of aromatic nitrogens is 4. The highest BCUT2D eigenvalue weighted by Gasteiger charge is 2.41. The summed E-state index contributed by atoms with van der Waals surface area (Å²) in [5, 5.41) is -1.95. The molecule has 0 N–H and O–H groups in total. The first kappa shape index (κ1) is 33.1. The minimum absolute atomic E-state index is 0.0976. The number of hydrogen-bond acceptors (Lipinski definition) is 2. The molecule has 15 aromatic rings. The monoisotopic (exact) mass is 1170 g/mol. The van der Waals surface area contributed by atoms with Crippen LogP contribution in [-0.4, -0.2) is 22.2 Å². The van der Waals surface area contributed by atoms with Crippen molar-refractivity contribution in [2.24, 2.45) is 0 Å². The van der Waals surface area contributed by atoms with Gasteiger partial charge in [0.25, 0.3) is 6.33 Å². The van der Waals surface area contributed by atoms with Crippen LogP contribution in [0.5, 0.6) is 11.5 Å². The summed E-state index contributed by atoms with van der Waals surface area (Å²) in [6, 6.07) is 24.5. The van der Waals surface area contributed by atoms with Gasteiger partial charge in [-0.25, -0.2) is 4.98 Å². The molecular weight excluding hydrogens is 1090 g/mol. The zero-order valence-corrected chi connectivity index (χ0v) is 48.3. The smallest absolute Gasteiger partial charge is 0.269 e. The van der Waals surface area contributed by atoms with Gasteiger partial charge in [-0.15, -0.1) is 0 Å². The van der Waals surface area contributed by atoms with Crippen LogP contribution in [0.4, 0.5) is 0 Å². The van der Waals surface area contributed by atoms with Gasteiger partial charge in [0.2, 0.25) is 0 Å². The van der Waals surface area contributed by atoms with E-state index in [1.807, 2.05) is 109 Å². The molecule has 0 amide bonds. The topological polar surface area (TPSA) is 35.9 Å². The molecular formula is C82H60N4OSi. The van der Waals surface area contributed by atoms with Crippen LogP contribution in [0.3, 0.4) is 0 Å². The number of imidazole rings is 1. The Morgan fingerprint density at radius 1 is 0.443 bits per heavy atom. The average Bonchev–Trinajstić information content (AvgIpc) is 0.875. The van der Waals surface area contributed by atoms with Gasteiger partial charge in [0.15, 0.2) is 8.07 Å². The molecule has 0 radical (unpaired) electrons. The summed E-state index contributed by atoms with van der Waals surface area (Å²) < 4.78 is 239. The molecule has 3 aromatic heterocycles. The first-order valence-corrected chi connectivity index (χ1v) is 30.3. The van der Waals surface area contributed by atoms with Crippen molar-refractivity contribution >= 4 is 61.7 Å². The summed E-state index contributed by atoms with van der Waals surface area (Å²) in [7, 11) is -6.28. The van der Waals surface area contributed by atoms with E-state index in [-0.39, 0.29) is 38.9 Å². The van der Waals surface area contributed by atoms with Crippen LogP contribution >= 0.6 is 0 Å². The van der Waals surface area contributed by atoms with Crippen LogP contribution < -0.4 is 30.1 Å². The number of benzene rings is 12. The van der Waals surface area contributed by atoms with E-state index in [1.54, 1.807) is 39.5 Å². The van der Waals surface area contributed by atoms with E-state index >= 15 is 0 Å². The molecule has 1 aliphatic heterocycles. The number of rotatable bonds is 10. The maximum Gasteiger partial charge on any atom is 0.269 e. The van der Waals surface area contributed by atoms with Gasteiger partial charge in [0.1, 0.15) is 17.3 Å². The number of pyridine rings is 1. The molecule has 0 fully saturated rings.